The van der Waals surface area contributed by atoms with Crippen molar-refractivity contribution in [3.63, 3.8) is 0 Å². The molecule has 0 saturated carbocycles. The van der Waals surface area contributed by atoms with E-state index in [0.717, 1.165) is 34.2 Å². The second kappa shape index (κ2) is 4.16. The molecule has 0 bridgehead atoms. The molecule has 0 spiro atoms. The third-order valence-electron chi connectivity index (χ3n) is 3.42. The summed E-state index contributed by atoms with van der Waals surface area (Å²) in [6, 6.07) is 13.8. The molecule has 5 nitrogen and oxygen atoms in total. The molecule has 0 fully saturated rings. The minimum Gasteiger partial charge on any atom is -0.454 e. The van der Waals surface area contributed by atoms with Gasteiger partial charge in [-0.25, -0.2) is 4.98 Å². The molecule has 20 heavy (non-hydrogen) atoms. The smallest absolute Gasteiger partial charge is 0.231 e. The maximum absolute atomic E-state index is 5.38. The number of hydrogen-bond acceptors (Lipinski definition) is 4. The van der Waals surface area contributed by atoms with Crippen molar-refractivity contribution < 1.29 is 9.47 Å². The number of benzene rings is 2. The number of nitrogens with zero attached hydrogens (tertiary/aromatic N) is 2. The van der Waals surface area contributed by atoms with E-state index in [2.05, 4.69) is 10.3 Å². The van der Waals surface area contributed by atoms with Gasteiger partial charge in [-0.1, -0.05) is 12.1 Å². The Labute approximate surface area is 115 Å². The Hall–Kier alpha value is -2.69. The van der Waals surface area contributed by atoms with Gasteiger partial charge in [0.15, 0.2) is 11.5 Å². The zero-order chi connectivity index (χ0) is 13.5. The van der Waals surface area contributed by atoms with Crippen molar-refractivity contribution in [1.82, 2.24) is 9.55 Å². The zero-order valence-corrected chi connectivity index (χ0v) is 11.0. The maximum Gasteiger partial charge on any atom is 0.231 e. The maximum atomic E-state index is 5.38. The Balaban J connectivity index is 1.72. The lowest BCUT2D eigenvalue weighted by Gasteiger charge is -2.07. The molecule has 0 saturated heterocycles. The summed E-state index contributed by atoms with van der Waals surface area (Å²) >= 11 is 0. The van der Waals surface area contributed by atoms with E-state index in [1.54, 1.807) is 0 Å². The van der Waals surface area contributed by atoms with Crippen LogP contribution in [0.3, 0.4) is 0 Å². The molecule has 0 atom stereocenters. The van der Waals surface area contributed by atoms with Crippen LogP contribution in [0.4, 0.5) is 11.6 Å². The summed E-state index contributed by atoms with van der Waals surface area (Å²) in [6.45, 7) is 0.283. The summed E-state index contributed by atoms with van der Waals surface area (Å²) in [7, 11) is 1.99. The van der Waals surface area contributed by atoms with Crippen molar-refractivity contribution in [2.75, 3.05) is 12.1 Å². The van der Waals surface area contributed by atoms with Crippen LogP contribution in [0, 0.1) is 0 Å². The van der Waals surface area contributed by atoms with E-state index in [1.165, 1.54) is 0 Å². The quantitative estimate of drug-likeness (QED) is 0.775. The first-order valence-electron chi connectivity index (χ1n) is 6.39. The molecule has 0 aliphatic carbocycles. The third-order valence-corrected chi connectivity index (χ3v) is 3.42. The number of nitrogens with one attached hydrogen (secondary N) is 1. The molecule has 4 rings (SSSR count). The summed E-state index contributed by atoms with van der Waals surface area (Å²) in [5.41, 5.74) is 2.99. The number of fused-ring (bicyclic) bond motifs is 2. The topological polar surface area (TPSA) is 48.3 Å². The fraction of sp³-hybridized carbons (Fsp3) is 0.133. The van der Waals surface area contributed by atoms with Gasteiger partial charge in [-0.3, -0.25) is 0 Å². The van der Waals surface area contributed by atoms with Crippen LogP contribution in [0.5, 0.6) is 11.5 Å². The molecule has 0 unspecified atom stereocenters. The van der Waals surface area contributed by atoms with Gasteiger partial charge in [0.1, 0.15) is 0 Å². The van der Waals surface area contributed by atoms with Gasteiger partial charge in [0.2, 0.25) is 12.7 Å². The second-order valence-electron chi connectivity index (χ2n) is 4.68. The molecule has 0 radical (unpaired) electrons. The van der Waals surface area contributed by atoms with Crippen molar-refractivity contribution in [1.29, 1.82) is 0 Å². The first-order valence-corrected chi connectivity index (χ1v) is 6.39. The van der Waals surface area contributed by atoms with Gasteiger partial charge in [0, 0.05) is 18.8 Å². The number of imidazole rings is 1. The highest BCUT2D eigenvalue weighted by Crippen LogP contribution is 2.35. The lowest BCUT2D eigenvalue weighted by Crippen LogP contribution is -1.98. The molecule has 1 aliphatic heterocycles. The lowest BCUT2D eigenvalue weighted by atomic mass is 10.3. The van der Waals surface area contributed by atoms with Crippen LogP contribution in [0.15, 0.2) is 42.5 Å². The number of rotatable bonds is 2. The number of aryl methyl sites for hydroxylation is 1. The lowest BCUT2D eigenvalue weighted by molar-refractivity contribution is 0.174. The molecule has 5 heteroatoms. The van der Waals surface area contributed by atoms with E-state index < -0.39 is 0 Å². The van der Waals surface area contributed by atoms with Gasteiger partial charge in [-0.05, 0) is 24.3 Å². The van der Waals surface area contributed by atoms with E-state index in [0.29, 0.717) is 0 Å². The minimum atomic E-state index is 0.283. The van der Waals surface area contributed by atoms with Crippen molar-refractivity contribution in [2.24, 2.45) is 7.05 Å². The van der Waals surface area contributed by atoms with E-state index >= 15 is 0 Å². The SMILES string of the molecule is Cn1c(Nc2ccc3c(c2)OCO3)nc2ccccc21. The minimum absolute atomic E-state index is 0.283. The van der Waals surface area contributed by atoms with Crippen molar-refractivity contribution in [2.45, 2.75) is 0 Å². The van der Waals surface area contributed by atoms with Gasteiger partial charge in [-0.2, -0.15) is 0 Å². The Morgan fingerprint density at radius 3 is 2.85 bits per heavy atom. The van der Waals surface area contributed by atoms with E-state index in [4.69, 9.17) is 9.47 Å². The molecule has 2 heterocycles. The molecule has 3 aromatic rings. The Morgan fingerprint density at radius 1 is 1.10 bits per heavy atom. The van der Waals surface area contributed by atoms with E-state index in [9.17, 15) is 0 Å². The highest BCUT2D eigenvalue weighted by molar-refractivity contribution is 5.79. The van der Waals surface area contributed by atoms with Crippen molar-refractivity contribution >= 4 is 22.7 Å². The number of ether oxygens (including phenoxy) is 2. The number of para-hydroxylation sites is 2. The molecule has 100 valence electrons. The van der Waals surface area contributed by atoms with Crippen LogP contribution in [0.25, 0.3) is 11.0 Å². The average Bonchev–Trinajstić information content (AvgIpc) is 3.05. The monoisotopic (exact) mass is 267 g/mol. The van der Waals surface area contributed by atoms with Gasteiger partial charge >= 0.3 is 0 Å². The number of hydrogen-bond donors (Lipinski definition) is 1. The number of anilines is 2. The fourth-order valence-corrected chi connectivity index (χ4v) is 2.36. The molecule has 1 N–H and O–H groups in total. The van der Waals surface area contributed by atoms with Gasteiger partial charge in [0.25, 0.3) is 0 Å². The van der Waals surface area contributed by atoms with E-state index in [-0.39, 0.29) is 6.79 Å². The molecular weight excluding hydrogens is 254 g/mol. The van der Waals surface area contributed by atoms with Crippen LogP contribution in [-0.4, -0.2) is 16.3 Å². The van der Waals surface area contributed by atoms with Gasteiger partial charge < -0.3 is 19.4 Å². The Bertz CT molecular complexity index is 795. The summed E-state index contributed by atoms with van der Waals surface area (Å²) in [6.07, 6.45) is 0. The summed E-state index contributed by atoms with van der Waals surface area (Å²) in [4.78, 5) is 4.58. The highest BCUT2D eigenvalue weighted by Gasteiger charge is 2.14. The van der Waals surface area contributed by atoms with Crippen LogP contribution in [0.1, 0.15) is 0 Å². The molecule has 2 aromatic carbocycles. The van der Waals surface area contributed by atoms with E-state index in [1.807, 2.05) is 54.1 Å². The zero-order valence-electron chi connectivity index (χ0n) is 11.0. The summed E-state index contributed by atoms with van der Waals surface area (Å²) < 4.78 is 12.7. The molecule has 0 amide bonds. The Morgan fingerprint density at radius 2 is 1.95 bits per heavy atom. The summed E-state index contributed by atoms with van der Waals surface area (Å²) in [5, 5.41) is 3.31. The summed E-state index contributed by atoms with van der Waals surface area (Å²) in [5.74, 6) is 2.33. The van der Waals surface area contributed by atoms with Gasteiger partial charge in [0.05, 0.1) is 11.0 Å². The predicted octanol–water partition coefficient (Wildman–Crippen LogP) is 3.05. The normalized spacial score (nSPS) is 12.8. The third kappa shape index (κ3) is 1.67. The predicted molar refractivity (Wildman–Crippen MR) is 76.6 cm³/mol. The molecular formula is C15H13N3O2. The average molecular weight is 267 g/mol. The molecule has 1 aliphatic rings. The highest BCUT2D eigenvalue weighted by atomic mass is 16.7. The standard InChI is InChI=1S/C15H13N3O2/c1-18-12-5-3-2-4-11(12)17-15(18)16-10-6-7-13-14(8-10)20-9-19-13/h2-8H,9H2,1H3,(H,16,17). The second-order valence-corrected chi connectivity index (χ2v) is 4.68. The Kier molecular flexibility index (Phi) is 2.32. The van der Waals surface area contributed by atoms with Crippen molar-refractivity contribution in [3.8, 4) is 11.5 Å². The van der Waals surface area contributed by atoms with Crippen molar-refractivity contribution in [3.05, 3.63) is 42.5 Å². The largest absolute Gasteiger partial charge is 0.454 e. The molecule has 1 aromatic heterocycles. The first-order chi connectivity index (χ1) is 9.81. The number of aromatic nitrogens is 2. The fourth-order valence-electron chi connectivity index (χ4n) is 2.36. The van der Waals surface area contributed by atoms with Crippen LogP contribution >= 0.6 is 0 Å². The van der Waals surface area contributed by atoms with Crippen LogP contribution in [-0.2, 0) is 7.05 Å². The van der Waals surface area contributed by atoms with Crippen LogP contribution in [0.2, 0.25) is 0 Å². The van der Waals surface area contributed by atoms with Gasteiger partial charge in [-0.15, -0.1) is 0 Å². The first kappa shape index (κ1) is 11.2. The van der Waals surface area contributed by atoms with Crippen LogP contribution < -0.4 is 14.8 Å².